The summed E-state index contributed by atoms with van der Waals surface area (Å²) < 4.78 is 138. The molecule has 34 nitrogen and oxygen atoms in total. The maximum absolute atomic E-state index is 11.3. The van der Waals surface area contributed by atoms with Crippen LogP contribution in [0.15, 0.2) is 128 Å². The number of phosphoric ester groups is 2. The van der Waals surface area contributed by atoms with E-state index in [9.17, 15) is 64.1 Å². The predicted octanol–water partition coefficient (Wildman–Crippen LogP) is 5.76. The summed E-state index contributed by atoms with van der Waals surface area (Å²) in [7, 11) is -19.0. The zero-order valence-electron chi connectivity index (χ0n) is 55.0. The van der Waals surface area contributed by atoms with E-state index in [4.69, 9.17) is 71.1 Å². The van der Waals surface area contributed by atoms with Gasteiger partial charge in [-0.25, -0.2) is 28.3 Å². The minimum Gasteiger partial charge on any atom is -0.481 e. The van der Waals surface area contributed by atoms with Gasteiger partial charge < -0.3 is 76.7 Å². The minimum absolute atomic E-state index is 0.0147. The molecule has 2 aromatic carbocycles. The molecule has 0 radical (unpaired) electrons. The van der Waals surface area contributed by atoms with Gasteiger partial charge in [0.15, 0.2) is 0 Å². The molecule has 0 unspecified atom stereocenters. The predicted molar refractivity (Wildman–Crippen MR) is 356 cm³/mol. The van der Waals surface area contributed by atoms with Crippen molar-refractivity contribution in [1.29, 1.82) is 0 Å². The molecule has 0 fully saturated rings. The van der Waals surface area contributed by atoms with E-state index in [2.05, 4.69) is 69.9 Å². The Bertz CT molecular complexity index is 3220. The second-order valence-corrected chi connectivity index (χ2v) is 29.3. The third-order valence-electron chi connectivity index (χ3n) is 10.1. The van der Waals surface area contributed by atoms with Crippen LogP contribution in [0.1, 0.15) is 84.3 Å². The van der Waals surface area contributed by atoms with Gasteiger partial charge in [0.25, 0.3) is 20.2 Å². The zero-order valence-corrected chi connectivity index (χ0v) is 60.3. The molecular weight excluding hydrogens is 1410 g/mol. The van der Waals surface area contributed by atoms with Crippen LogP contribution in [-0.4, -0.2) is 190 Å². The fourth-order valence-corrected chi connectivity index (χ4v) is 9.89. The Hall–Kier alpha value is -6.80. The summed E-state index contributed by atoms with van der Waals surface area (Å²) in [6.07, 6.45) is 7.43. The molecule has 10 N–H and O–H groups in total. The van der Waals surface area contributed by atoms with Crippen molar-refractivity contribution in [3.63, 3.8) is 0 Å². The molecule has 0 heterocycles. The van der Waals surface area contributed by atoms with Crippen molar-refractivity contribution in [1.82, 2.24) is 5.32 Å². The van der Waals surface area contributed by atoms with Crippen molar-refractivity contribution < 1.29 is 154 Å². The molecule has 0 saturated carbocycles. The molecule has 552 valence electrons. The van der Waals surface area contributed by atoms with Gasteiger partial charge in [0.2, 0.25) is 5.91 Å². The number of esters is 5. The maximum atomic E-state index is 11.3. The highest BCUT2D eigenvalue weighted by molar-refractivity contribution is 7.86. The highest BCUT2D eigenvalue weighted by Crippen LogP contribution is 2.36. The average molecular weight is 1500 g/mol. The molecule has 0 aliphatic rings. The lowest BCUT2D eigenvalue weighted by molar-refractivity contribution is -0.150. The molecule has 0 atom stereocenters. The van der Waals surface area contributed by atoms with Crippen molar-refractivity contribution in [2.45, 2.75) is 89.6 Å². The molecule has 0 aromatic heterocycles. The first-order chi connectivity index (χ1) is 44.5. The number of ether oxygens (including phenoxy) is 5. The summed E-state index contributed by atoms with van der Waals surface area (Å²) in [6.45, 7) is 30.7. The number of amides is 1. The van der Waals surface area contributed by atoms with Crippen LogP contribution in [0.5, 0.6) is 0 Å². The zero-order chi connectivity index (χ0) is 76.5. The Morgan fingerprint density at radius 3 is 1.32 bits per heavy atom. The van der Waals surface area contributed by atoms with Gasteiger partial charge in [-0.1, -0.05) is 88.9 Å². The monoisotopic (exact) mass is 1500 g/mol. The van der Waals surface area contributed by atoms with E-state index in [1.165, 1.54) is 52.0 Å². The molecule has 2 rings (SSSR count). The normalized spacial score (nSPS) is 11.0. The SMILES string of the molecule is C=C(C)C(=O)OCCC[Si](OC)(OC)OC.C=C(C)C(=O)OCCOC(=O)CCCCCOP(=O)(O)O.C=C(C)C(=O)OCCOP(=O)(O)O.C=CC(=O)NC(C)(C)CS(=O)(=O)O.C=CC(=O)OCCC(=O)O.C=Cc1ccc(P(=O)(O)O)cc1.C=Cc1ccc(S(=O)(=O)O)cc1. The van der Waals surface area contributed by atoms with Gasteiger partial charge in [0.1, 0.15) is 26.4 Å². The number of carboxylic acid groups (broad SMARTS) is 1. The Kier molecular flexibility index (Phi) is 53.3. The molecule has 97 heavy (non-hydrogen) atoms. The standard InChI is InChI=1S/C12H21O8P.C10H20O5Si.C8H9O3P.C8H8O3S.C7H13NO4S.C6H11O6P.C6H8O4/c1-10(2)12(14)19-9-8-18-11(13)6-4-3-5-7-20-21(15,16)17;1-9(2)10(11)15-7-6-8-16(12-3,13-4)14-5;2*1-2-7-3-5-8(6-4-7)12(9,10)11;1-4-6(9)8-7(2,3)5-13(10,11)12;1-5(2)6(7)11-3-4-12-13(8,9)10;1-2-6(9)10-4-3-5(7)8/h1,3-9H2,2H3,(H2,15,16,17);1,6-8H2,2-5H3;2-6H,1H2,(H2,9,10,11);2-6H,1H2,(H,9,10,11);4H,1,5H2,2-3H3,(H,8,9)(H,10,11,12);1,3-4H2,2H3,(H2,8,9,10);2H,1,3-4H2,(H,7,8). The van der Waals surface area contributed by atoms with E-state index in [0.29, 0.717) is 43.9 Å². The molecule has 40 heteroatoms. The summed E-state index contributed by atoms with van der Waals surface area (Å²) >= 11 is 0. The number of carbonyl (C=O) groups excluding carboxylic acids is 6. The molecule has 2 aromatic rings. The first kappa shape index (κ1) is 98.9. The van der Waals surface area contributed by atoms with Crippen LogP contribution in [0.3, 0.4) is 0 Å². The van der Waals surface area contributed by atoms with Crippen LogP contribution in [0.25, 0.3) is 12.2 Å². The Morgan fingerprint density at radius 2 is 0.959 bits per heavy atom. The third kappa shape index (κ3) is 62.5. The van der Waals surface area contributed by atoms with Gasteiger partial charge in [-0.3, -0.25) is 37.1 Å². The Balaban J connectivity index is -0.000000343. The van der Waals surface area contributed by atoms with Crippen LogP contribution in [0.2, 0.25) is 6.04 Å². The number of unbranched alkanes of at least 4 members (excludes halogenated alkanes) is 2. The number of phosphoric acid groups is 2. The summed E-state index contributed by atoms with van der Waals surface area (Å²) in [4.78, 5) is 126. The smallest absolute Gasteiger partial charge is 0.481 e. The third-order valence-corrected chi connectivity index (χ3v) is 16.9. The van der Waals surface area contributed by atoms with Crippen molar-refractivity contribution in [2.75, 3.05) is 73.3 Å². The number of aliphatic carboxylic acids is 1. The lowest BCUT2D eigenvalue weighted by Crippen LogP contribution is -2.47. The fraction of sp³-hybridized carbons (Fsp3) is 0.421. The minimum atomic E-state index is -4.46. The molecular formula is C57H90NO33P3S2Si. The van der Waals surface area contributed by atoms with E-state index in [0.717, 1.165) is 23.3 Å². The van der Waals surface area contributed by atoms with Crippen molar-refractivity contribution >= 4 is 111 Å². The Labute approximate surface area is 565 Å². The summed E-state index contributed by atoms with van der Waals surface area (Å²) in [6, 6.07) is 12.4. The second kappa shape index (κ2) is 52.3. The number of carboxylic acids is 1. The van der Waals surface area contributed by atoms with Gasteiger partial charge in [0.05, 0.1) is 47.7 Å². The molecule has 0 spiro atoms. The Morgan fingerprint density at radius 1 is 0.546 bits per heavy atom. The van der Waals surface area contributed by atoms with E-state index < -0.39 is 99.3 Å². The van der Waals surface area contributed by atoms with Crippen LogP contribution in [0.4, 0.5) is 0 Å². The second-order valence-electron chi connectivity index (χ2n) is 19.2. The van der Waals surface area contributed by atoms with Gasteiger partial charge in [-0.2, -0.15) is 16.8 Å². The number of benzene rings is 2. The van der Waals surface area contributed by atoms with Crippen LogP contribution in [0, 0.1) is 0 Å². The van der Waals surface area contributed by atoms with E-state index in [1.54, 1.807) is 64.7 Å². The van der Waals surface area contributed by atoms with Gasteiger partial charge in [-0.05, 0) is 95.3 Å². The first-order valence-corrected chi connectivity index (χ1v) is 37.2. The topological polar surface area (TPSA) is 525 Å². The molecule has 0 aliphatic heterocycles. The highest BCUT2D eigenvalue weighted by atomic mass is 32.2. The van der Waals surface area contributed by atoms with E-state index in [-0.39, 0.29) is 79.8 Å². The molecule has 1 amide bonds. The van der Waals surface area contributed by atoms with Gasteiger partial charge in [-0.15, -0.1) is 0 Å². The maximum Gasteiger partial charge on any atom is 0.500 e. The first-order valence-electron chi connectivity index (χ1n) is 27.5. The van der Waals surface area contributed by atoms with Crippen molar-refractivity contribution in [3.8, 4) is 0 Å². The largest absolute Gasteiger partial charge is 0.500 e. The lowest BCUT2D eigenvalue weighted by atomic mass is 10.1. The van der Waals surface area contributed by atoms with Gasteiger partial charge in [0, 0.05) is 56.6 Å². The average Bonchev–Trinajstić information content (AvgIpc) is 0.895. The van der Waals surface area contributed by atoms with Crippen molar-refractivity contribution in [3.05, 3.63) is 135 Å². The number of rotatable bonds is 36. The summed E-state index contributed by atoms with van der Waals surface area (Å²) in [5.41, 5.74) is 1.54. The molecule has 0 saturated heterocycles. The van der Waals surface area contributed by atoms with Crippen molar-refractivity contribution in [2.24, 2.45) is 0 Å². The number of hydrogen-bond donors (Lipinski definition) is 10. The fourth-order valence-electron chi connectivity index (χ4n) is 5.52. The summed E-state index contributed by atoms with van der Waals surface area (Å²) in [5, 5.41) is 10.5. The van der Waals surface area contributed by atoms with Crippen LogP contribution < -0.4 is 10.6 Å². The van der Waals surface area contributed by atoms with E-state index >= 15 is 0 Å². The number of hydrogen-bond acceptors (Lipinski definition) is 24. The molecule has 0 aliphatic carbocycles. The van der Waals surface area contributed by atoms with Crippen LogP contribution in [-0.2, 0) is 114 Å². The quantitative estimate of drug-likeness (QED) is 0.00737. The highest BCUT2D eigenvalue weighted by Gasteiger charge is 2.37. The van der Waals surface area contributed by atoms with Gasteiger partial charge >= 0.3 is 67.9 Å². The van der Waals surface area contributed by atoms with E-state index in [1.807, 2.05) is 0 Å². The number of nitrogens with one attached hydrogen (secondary N) is 1. The number of carbonyl (C=O) groups is 7. The summed E-state index contributed by atoms with van der Waals surface area (Å²) in [5.74, 6) is -4.53. The molecule has 0 bridgehead atoms. The van der Waals surface area contributed by atoms with Crippen LogP contribution >= 0.6 is 23.2 Å². The lowest BCUT2D eigenvalue weighted by Gasteiger charge is -2.24.